The van der Waals surface area contributed by atoms with Gasteiger partial charge >= 0.3 is 0 Å². The topological polar surface area (TPSA) is 46.8 Å². The molecule has 1 aliphatic rings. The molecule has 0 saturated carbocycles. The molecule has 108 valence electrons. The molecule has 0 unspecified atom stereocenters. The Balaban J connectivity index is 1.92. The molecule has 1 saturated heterocycles. The second-order valence-electron chi connectivity index (χ2n) is 5.74. The van der Waals surface area contributed by atoms with Crippen molar-refractivity contribution in [1.82, 2.24) is 24.6 Å². The predicted octanol–water partition coefficient (Wildman–Crippen LogP) is 2.78. The minimum Gasteiger partial charge on any atom is -0.291 e. The molecular formula is C14H20ClN5. The molecule has 6 heteroatoms. The maximum Gasteiger partial charge on any atom is 0.162 e. The minimum absolute atomic E-state index is 0.496. The van der Waals surface area contributed by atoms with Gasteiger partial charge in [-0.25, -0.2) is 9.97 Å². The molecule has 3 rings (SSSR count). The van der Waals surface area contributed by atoms with Crippen molar-refractivity contribution >= 4 is 22.6 Å². The lowest BCUT2D eigenvalue weighted by Gasteiger charge is -2.38. The zero-order valence-corrected chi connectivity index (χ0v) is 12.9. The molecule has 0 aliphatic carbocycles. The number of hydrogen-bond acceptors (Lipinski definition) is 4. The maximum absolute atomic E-state index is 6.24. The number of halogens is 1. The van der Waals surface area contributed by atoms with Crippen LogP contribution in [-0.4, -0.2) is 36.7 Å². The summed E-state index contributed by atoms with van der Waals surface area (Å²) < 4.78 is 1.75. The van der Waals surface area contributed by atoms with Gasteiger partial charge in [-0.2, -0.15) is 5.10 Å². The van der Waals surface area contributed by atoms with Gasteiger partial charge in [0.15, 0.2) is 5.65 Å². The average Bonchev–Trinajstić information content (AvgIpc) is 2.77. The van der Waals surface area contributed by atoms with E-state index in [1.165, 1.54) is 19.3 Å². The summed E-state index contributed by atoms with van der Waals surface area (Å²) in [6.07, 6.45) is 5.51. The van der Waals surface area contributed by atoms with Gasteiger partial charge in [0.05, 0.1) is 18.1 Å². The number of piperidine rings is 1. The molecule has 5 nitrogen and oxygen atoms in total. The average molecular weight is 294 g/mol. The first-order chi connectivity index (χ1) is 9.56. The molecule has 2 aromatic rings. The van der Waals surface area contributed by atoms with Crippen molar-refractivity contribution in [2.75, 3.05) is 0 Å². The summed E-state index contributed by atoms with van der Waals surface area (Å²) in [7, 11) is 1.88. The highest BCUT2D eigenvalue weighted by molar-refractivity contribution is 6.33. The maximum atomic E-state index is 6.24. The molecule has 0 spiro atoms. The second-order valence-corrected chi connectivity index (χ2v) is 6.10. The number of rotatable bonds is 2. The molecule has 2 atom stereocenters. The SMILES string of the molecule is C[C@@H]1CCC[C@H](C)N1Cc1nc(Cl)c2cnn(C)c2n1. The number of fused-ring (bicyclic) bond motifs is 1. The van der Waals surface area contributed by atoms with Crippen LogP contribution < -0.4 is 0 Å². The van der Waals surface area contributed by atoms with Crippen molar-refractivity contribution in [2.24, 2.45) is 7.05 Å². The highest BCUT2D eigenvalue weighted by Gasteiger charge is 2.25. The normalized spacial score (nSPS) is 24.4. The van der Waals surface area contributed by atoms with Crippen LogP contribution in [0.3, 0.4) is 0 Å². The van der Waals surface area contributed by atoms with Gasteiger partial charge in [-0.05, 0) is 26.7 Å². The van der Waals surface area contributed by atoms with Crippen LogP contribution in [0.4, 0.5) is 0 Å². The summed E-state index contributed by atoms with van der Waals surface area (Å²) in [6.45, 7) is 5.31. The molecular weight excluding hydrogens is 274 g/mol. The lowest BCUT2D eigenvalue weighted by atomic mass is 9.97. The van der Waals surface area contributed by atoms with E-state index in [-0.39, 0.29) is 0 Å². The van der Waals surface area contributed by atoms with E-state index in [0.717, 1.165) is 23.4 Å². The van der Waals surface area contributed by atoms with Crippen molar-refractivity contribution in [2.45, 2.75) is 51.7 Å². The van der Waals surface area contributed by atoms with Crippen molar-refractivity contribution in [3.63, 3.8) is 0 Å². The quantitative estimate of drug-likeness (QED) is 0.799. The van der Waals surface area contributed by atoms with E-state index in [0.29, 0.717) is 17.2 Å². The number of aromatic nitrogens is 4. The minimum atomic E-state index is 0.496. The van der Waals surface area contributed by atoms with Crippen LogP contribution >= 0.6 is 11.6 Å². The zero-order chi connectivity index (χ0) is 14.3. The van der Waals surface area contributed by atoms with Gasteiger partial charge in [-0.1, -0.05) is 18.0 Å². The second kappa shape index (κ2) is 5.30. The summed E-state index contributed by atoms with van der Waals surface area (Å²) in [5.74, 6) is 0.784. The smallest absolute Gasteiger partial charge is 0.162 e. The Kier molecular flexibility index (Phi) is 3.65. The van der Waals surface area contributed by atoms with Crippen molar-refractivity contribution in [3.05, 3.63) is 17.2 Å². The van der Waals surface area contributed by atoms with Crippen molar-refractivity contribution in [1.29, 1.82) is 0 Å². The van der Waals surface area contributed by atoms with Crippen LogP contribution in [-0.2, 0) is 13.6 Å². The van der Waals surface area contributed by atoms with E-state index in [9.17, 15) is 0 Å². The first-order valence-electron chi connectivity index (χ1n) is 7.16. The number of nitrogens with zero attached hydrogens (tertiary/aromatic N) is 5. The van der Waals surface area contributed by atoms with Gasteiger partial charge in [0.2, 0.25) is 0 Å². The van der Waals surface area contributed by atoms with Gasteiger partial charge in [0.25, 0.3) is 0 Å². The Morgan fingerprint density at radius 2 is 1.95 bits per heavy atom. The largest absolute Gasteiger partial charge is 0.291 e. The predicted molar refractivity (Wildman–Crippen MR) is 79.6 cm³/mol. The van der Waals surface area contributed by atoms with Gasteiger partial charge in [0, 0.05) is 19.1 Å². The van der Waals surface area contributed by atoms with E-state index >= 15 is 0 Å². The van der Waals surface area contributed by atoms with Crippen LogP contribution in [0, 0.1) is 0 Å². The third-order valence-corrected chi connectivity index (χ3v) is 4.58. The lowest BCUT2D eigenvalue weighted by Crippen LogP contribution is -2.43. The van der Waals surface area contributed by atoms with E-state index < -0.39 is 0 Å². The van der Waals surface area contributed by atoms with Gasteiger partial charge < -0.3 is 0 Å². The van der Waals surface area contributed by atoms with E-state index in [4.69, 9.17) is 11.6 Å². The molecule has 0 radical (unpaired) electrons. The molecule has 0 N–H and O–H groups in total. The third kappa shape index (κ3) is 2.40. The standard InChI is InChI=1S/C14H20ClN5/c1-9-5-4-6-10(2)20(9)8-12-17-13(15)11-7-16-19(3)14(11)18-12/h7,9-10H,4-6,8H2,1-3H3/t9-,10+. The molecule has 3 heterocycles. The Bertz CT molecular complexity index is 613. The number of hydrogen-bond donors (Lipinski definition) is 0. The first kappa shape index (κ1) is 13.8. The molecule has 0 aromatic carbocycles. The number of likely N-dealkylation sites (tertiary alicyclic amines) is 1. The van der Waals surface area contributed by atoms with Crippen LogP contribution in [0.5, 0.6) is 0 Å². The van der Waals surface area contributed by atoms with E-state index in [1.807, 2.05) is 7.05 Å². The highest BCUT2D eigenvalue weighted by Crippen LogP contribution is 2.25. The molecule has 2 aromatic heterocycles. The first-order valence-corrected chi connectivity index (χ1v) is 7.54. The van der Waals surface area contributed by atoms with Crippen molar-refractivity contribution in [3.8, 4) is 0 Å². The Labute approximate surface area is 124 Å². The Hall–Kier alpha value is -1.20. The van der Waals surface area contributed by atoms with E-state index in [1.54, 1.807) is 10.9 Å². The van der Waals surface area contributed by atoms with E-state index in [2.05, 4.69) is 33.8 Å². The molecule has 0 bridgehead atoms. The van der Waals surface area contributed by atoms with Crippen LogP contribution in [0.25, 0.3) is 11.0 Å². The number of aryl methyl sites for hydroxylation is 1. The van der Waals surface area contributed by atoms with Crippen LogP contribution in [0.15, 0.2) is 6.20 Å². The molecule has 1 aliphatic heterocycles. The van der Waals surface area contributed by atoms with Crippen molar-refractivity contribution < 1.29 is 0 Å². The van der Waals surface area contributed by atoms with Crippen LogP contribution in [0.2, 0.25) is 5.15 Å². The summed E-state index contributed by atoms with van der Waals surface area (Å²) >= 11 is 6.24. The van der Waals surface area contributed by atoms with Gasteiger partial charge in [-0.15, -0.1) is 0 Å². The zero-order valence-electron chi connectivity index (χ0n) is 12.2. The Morgan fingerprint density at radius 1 is 1.25 bits per heavy atom. The Morgan fingerprint density at radius 3 is 2.65 bits per heavy atom. The summed E-state index contributed by atoms with van der Waals surface area (Å²) in [4.78, 5) is 11.5. The van der Waals surface area contributed by atoms with Gasteiger partial charge in [0.1, 0.15) is 11.0 Å². The highest BCUT2D eigenvalue weighted by atomic mass is 35.5. The molecule has 20 heavy (non-hydrogen) atoms. The summed E-state index contributed by atoms with van der Waals surface area (Å²) in [6, 6.07) is 1.15. The fraction of sp³-hybridized carbons (Fsp3) is 0.643. The third-order valence-electron chi connectivity index (χ3n) is 4.29. The monoisotopic (exact) mass is 293 g/mol. The van der Waals surface area contributed by atoms with Gasteiger partial charge in [-0.3, -0.25) is 9.58 Å². The fourth-order valence-corrected chi connectivity index (χ4v) is 3.28. The summed E-state index contributed by atoms with van der Waals surface area (Å²) in [5, 5.41) is 5.50. The molecule has 1 fully saturated rings. The lowest BCUT2D eigenvalue weighted by molar-refractivity contribution is 0.0923. The van der Waals surface area contributed by atoms with Crippen LogP contribution in [0.1, 0.15) is 38.9 Å². The summed E-state index contributed by atoms with van der Waals surface area (Å²) in [5.41, 5.74) is 0.803. The fourth-order valence-electron chi connectivity index (χ4n) is 3.05. The molecule has 0 amide bonds.